The van der Waals surface area contributed by atoms with Gasteiger partial charge in [0.25, 0.3) is 0 Å². The van der Waals surface area contributed by atoms with Gasteiger partial charge in [0.05, 0.1) is 0 Å². The lowest BCUT2D eigenvalue weighted by Gasteiger charge is -2.44. The molecule has 1 N–H and O–H groups in total. The van der Waals surface area contributed by atoms with Gasteiger partial charge in [-0.25, -0.2) is 0 Å². The highest BCUT2D eigenvalue weighted by atomic mass is 15.2. The molecule has 1 aliphatic heterocycles. The number of unbranched alkanes of at least 4 members (excludes halogenated alkanes) is 7. The molecule has 0 aliphatic carbocycles. The minimum Gasteiger partial charge on any atom is -0.311 e. The molecule has 0 saturated carbocycles. The molecule has 1 saturated heterocycles. The average molecular weight is 297 g/mol. The van der Waals surface area contributed by atoms with Crippen molar-refractivity contribution >= 4 is 0 Å². The third kappa shape index (κ3) is 7.65. The Kier molecular flexibility index (Phi) is 8.89. The molecule has 1 rings (SSSR count). The summed E-state index contributed by atoms with van der Waals surface area (Å²) >= 11 is 0. The molecule has 21 heavy (non-hydrogen) atoms. The van der Waals surface area contributed by atoms with E-state index in [-0.39, 0.29) is 0 Å². The summed E-state index contributed by atoms with van der Waals surface area (Å²) in [6.45, 7) is 15.4. The molecule has 0 aromatic rings. The Labute approximate surface area is 134 Å². The second-order valence-corrected chi connectivity index (χ2v) is 8.15. The predicted molar refractivity (Wildman–Crippen MR) is 94.9 cm³/mol. The summed E-state index contributed by atoms with van der Waals surface area (Å²) < 4.78 is 0. The van der Waals surface area contributed by atoms with Gasteiger partial charge in [-0.1, -0.05) is 72.6 Å². The third-order valence-corrected chi connectivity index (χ3v) is 5.04. The van der Waals surface area contributed by atoms with Gasteiger partial charge in [-0.3, -0.25) is 4.90 Å². The highest BCUT2D eigenvalue weighted by Gasteiger charge is 2.31. The Bertz CT molecular complexity index is 257. The monoisotopic (exact) mass is 296 g/mol. The van der Waals surface area contributed by atoms with Crippen molar-refractivity contribution in [2.24, 2.45) is 5.41 Å². The maximum absolute atomic E-state index is 3.73. The molecule has 126 valence electrons. The van der Waals surface area contributed by atoms with Crippen molar-refractivity contribution in [3.63, 3.8) is 0 Å². The van der Waals surface area contributed by atoms with Gasteiger partial charge in [-0.05, 0) is 25.3 Å². The highest BCUT2D eigenvalue weighted by molar-refractivity contribution is 4.90. The molecule has 0 aromatic heterocycles. The molecular formula is C19H40N2. The van der Waals surface area contributed by atoms with Crippen LogP contribution in [0.5, 0.6) is 0 Å². The topological polar surface area (TPSA) is 15.3 Å². The van der Waals surface area contributed by atoms with Crippen molar-refractivity contribution in [3.05, 3.63) is 0 Å². The van der Waals surface area contributed by atoms with E-state index < -0.39 is 0 Å². The first-order valence-electron chi connectivity index (χ1n) is 9.42. The van der Waals surface area contributed by atoms with Crippen LogP contribution in [-0.4, -0.2) is 36.6 Å². The van der Waals surface area contributed by atoms with Gasteiger partial charge in [0, 0.05) is 25.2 Å². The maximum Gasteiger partial charge on any atom is 0.0244 e. The van der Waals surface area contributed by atoms with Crippen LogP contribution in [0.25, 0.3) is 0 Å². The first-order chi connectivity index (χ1) is 9.95. The van der Waals surface area contributed by atoms with Crippen LogP contribution in [0.3, 0.4) is 0 Å². The number of nitrogens with zero attached hydrogens (tertiary/aromatic N) is 1. The van der Waals surface area contributed by atoms with E-state index in [1.807, 2.05) is 0 Å². The van der Waals surface area contributed by atoms with Crippen LogP contribution >= 0.6 is 0 Å². The van der Waals surface area contributed by atoms with Gasteiger partial charge in [-0.2, -0.15) is 0 Å². The number of rotatable bonds is 9. The van der Waals surface area contributed by atoms with E-state index in [2.05, 4.69) is 44.8 Å². The quantitative estimate of drug-likeness (QED) is 0.613. The summed E-state index contributed by atoms with van der Waals surface area (Å²) in [7, 11) is 0. The van der Waals surface area contributed by atoms with Gasteiger partial charge in [0.2, 0.25) is 0 Å². The zero-order chi connectivity index (χ0) is 15.7. The lowest BCUT2D eigenvalue weighted by molar-refractivity contribution is 0.0921. The lowest BCUT2D eigenvalue weighted by Crippen LogP contribution is -2.59. The minimum absolute atomic E-state index is 0.373. The number of piperazine rings is 1. The molecule has 0 aromatic carbocycles. The van der Waals surface area contributed by atoms with Gasteiger partial charge in [-0.15, -0.1) is 0 Å². The fourth-order valence-corrected chi connectivity index (χ4v) is 3.26. The summed E-state index contributed by atoms with van der Waals surface area (Å²) in [4.78, 5) is 2.71. The van der Waals surface area contributed by atoms with Crippen molar-refractivity contribution in [3.8, 4) is 0 Å². The SMILES string of the molecule is CCCCCCCCCCN1CC(C(C)(C)C)NCC1C. The summed E-state index contributed by atoms with van der Waals surface area (Å²) in [5.41, 5.74) is 0.373. The van der Waals surface area contributed by atoms with Crippen molar-refractivity contribution in [2.75, 3.05) is 19.6 Å². The molecule has 0 bridgehead atoms. The van der Waals surface area contributed by atoms with Crippen LogP contribution in [0, 0.1) is 5.41 Å². The highest BCUT2D eigenvalue weighted by Crippen LogP contribution is 2.23. The molecule has 0 amide bonds. The molecular weight excluding hydrogens is 256 g/mol. The predicted octanol–water partition coefficient (Wildman–Crippen LogP) is 4.84. The molecule has 2 atom stereocenters. The van der Waals surface area contributed by atoms with E-state index in [1.165, 1.54) is 64.5 Å². The summed E-state index contributed by atoms with van der Waals surface area (Å²) in [6.07, 6.45) is 11.4. The Morgan fingerprint density at radius 1 is 0.952 bits per heavy atom. The normalized spacial score (nSPS) is 24.4. The van der Waals surface area contributed by atoms with E-state index in [9.17, 15) is 0 Å². The number of hydrogen-bond acceptors (Lipinski definition) is 2. The Hall–Kier alpha value is -0.0800. The van der Waals surface area contributed by atoms with Crippen LogP contribution in [-0.2, 0) is 0 Å². The average Bonchev–Trinajstić information content (AvgIpc) is 2.42. The largest absolute Gasteiger partial charge is 0.311 e. The van der Waals surface area contributed by atoms with E-state index >= 15 is 0 Å². The summed E-state index contributed by atoms with van der Waals surface area (Å²) in [5.74, 6) is 0. The Morgan fingerprint density at radius 3 is 2.10 bits per heavy atom. The van der Waals surface area contributed by atoms with Gasteiger partial charge >= 0.3 is 0 Å². The van der Waals surface area contributed by atoms with Crippen LogP contribution < -0.4 is 5.32 Å². The third-order valence-electron chi connectivity index (χ3n) is 5.04. The molecule has 1 fully saturated rings. The van der Waals surface area contributed by atoms with Gasteiger partial charge in [0.15, 0.2) is 0 Å². The molecule has 2 heteroatoms. The van der Waals surface area contributed by atoms with Gasteiger partial charge in [0.1, 0.15) is 0 Å². The van der Waals surface area contributed by atoms with Crippen molar-refractivity contribution in [1.82, 2.24) is 10.2 Å². The van der Waals surface area contributed by atoms with E-state index in [0.29, 0.717) is 17.5 Å². The first-order valence-corrected chi connectivity index (χ1v) is 9.42. The van der Waals surface area contributed by atoms with E-state index in [4.69, 9.17) is 0 Å². The van der Waals surface area contributed by atoms with Crippen molar-refractivity contribution in [2.45, 2.75) is 98.1 Å². The van der Waals surface area contributed by atoms with Crippen LogP contribution in [0.2, 0.25) is 0 Å². The molecule has 0 spiro atoms. The summed E-state index contributed by atoms with van der Waals surface area (Å²) in [6, 6.07) is 1.34. The standard InChI is InChI=1S/C19H40N2/c1-6-7-8-9-10-11-12-13-14-21-16-18(19(3,4)5)20-15-17(21)2/h17-18,20H,6-16H2,1-5H3. The van der Waals surface area contributed by atoms with Crippen molar-refractivity contribution < 1.29 is 0 Å². The van der Waals surface area contributed by atoms with Crippen LogP contribution in [0.4, 0.5) is 0 Å². The Morgan fingerprint density at radius 2 is 1.52 bits per heavy atom. The molecule has 0 radical (unpaired) electrons. The van der Waals surface area contributed by atoms with E-state index in [0.717, 1.165) is 6.54 Å². The first kappa shape index (κ1) is 19.0. The molecule has 2 nitrogen and oxygen atoms in total. The van der Waals surface area contributed by atoms with Crippen LogP contribution in [0.1, 0.15) is 86.0 Å². The summed E-state index contributed by atoms with van der Waals surface area (Å²) in [5, 5.41) is 3.73. The maximum atomic E-state index is 3.73. The second kappa shape index (κ2) is 9.84. The minimum atomic E-state index is 0.373. The Balaban J connectivity index is 2.12. The molecule has 1 aliphatic rings. The van der Waals surface area contributed by atoms with E-state index in [1.54, 1.807) is 0 Å². The van der Waals surface area contributed by atoms with Crippen LogP contribution in [0.15, 0.2) is 0 Å². The number of nitrogens with one attached hydrogen (secondary N) is 1. The zero-order valence-corrected chi connectivity index (χ0v) is 15.4. The molecule has 2 unspecified atom stereocenters. The second-order valence-electron chi connectivity index (χ2n) is 8.15. The smallest absolute Gasteiger partial charge is 0.0244 e. The lowest BCUT2D eigenvalue weighted by atomic mass is 9.84. The number of hydrogen-bond donors (Lipinski definition) is 1. The fourth-order valence-electron chi connectivity index (χ4n) is 3.26. The van der Waals surface area contributed by atoms with Gasteiger partial charge < -0.3 is 5.32 Å². The zero-order valence-electron chi connectivity index (χ0n) is 15.4. The fraction of sp³-hybridized carbons (Fsp3) is 1.00. The molecule has 1 heterocycles. The van der Waals surface area contributed by atoms with Crippen molar-refractivity contribution in [1.29, 1.82) is 0 Å².